The summed E-state index contributed by atoms with van der Waals surface area (Å²) in [6.07, 6.45) is 3.12. The third-order valence-corrected chi connectivity index (χ3v) is 5.68. The Kier molecular flexibility index (Phi) is 6.72. The second kappa shape index (κ2) is 10.0. The van der Waals surface area contributed by atoms with Crippen molar-refractivity contribution >= 4 is 29.0 Å². The molecule has 0 heterocycles. The van der Waals surface area contributed by atoms with Gasteiger partial charge in [0, 0.05) is 17.8 Å². The lowest BCUT2D eigenvalue weighted by atomic mass is 10.1. The Labute approximate surface area is 196 Å². The number of nitro groups is 1. The zero-order valence-corrected chi connectivity index (χ0v) is 18.5. The molecular formula is C25H24N4O5. The molecular weight excluding hydrogens is 436 g/mol. The predicted octanol–water partition coefficient (Wildman–Crippen LogP) is 4.59. The molecule has 4 rings (SSSR count). The Morgan fingerprint density at radius 3 is 2.47 bits per heavy atom. The highest BCUT2D eigenvalue weighted by Crippen LogP contribution is 2.29. The lowest BCUT2D eigenvalue weighted by Gasteiger charge is -2.20. The standard InChI is InChI=1S/C25H24N4O5/c1-34-22-13-12-20(29(32)33)15-21(22)27-25(31)28-23(17-6-3-2-4-7-17)24(30)26-19-11-10-16-8-5-9-18(16)14-19/h2-4,6-7,10-15,23H,5,8-9H2,1H3,(H,26,30)(H2,27,28,31)/t23-/m1/s1. The van der Waals surface area contributed by atoms with Gasteiger partial charge < -0.3 is 20.7 Å². The smallest absolute Gasteiger partial charge is 0.320 e. The number of carbonyl (C=O) groups is 2. The van der Waals surface area contributed by atoms with E-state index in [1.807, 2.05) is 24.3 Å². The molecule has 1 aliphatic rings. The Balaban J connectivity index is 1.54. The maximum absolute atomic E-state index is 13.2. The molecule has 0 aliphatic heterocycles. The molecule has 1 atom stereocenters. The first-order valence-electron chi connectivity index (χ1n) is 10.8. The van der Waals surface area contributed by atoms with E-state index in [0.29, 0.717) is 11.3 Å². The van der Waals surface area contributed by atoms with Crippen LogP contribution in [0.3, 0.4) is 0 Å². The number of nitrogens with zero attached hydrogens (tertiary/aromatic N) is 1. The first-order chi connectivity index (χ1) is 16.4. The van der Waals surface area contributed by atoms with Crippen LogP contribution in [0.25, 0.3) is 0 Å². The number of hydrogen-bond acceptors (Lipinski definition) is 5. The van der Waals surface area contributed by atoms with Crippen LogP contribution in [0.4, 0.5) is 21.9 Å². The second-order valence-corrected chi connectivity index (χ2v) is 7.91. The second-order valence-electron chi connectivity index (χ2n) is 7.91. The van der Waals surface area contributed by atoms with Crippen molar-refractivity contribution in [3.05, 3.63) is 93.5 Å². The summed E-state index contributed by atoms with van der Waals surface area (Å²) in [5.41, 5.74) is 3.67. The number of nitro benzene ring substituents is 1. The van der Waals surface area contributed by atoms with E-state index in [4.69, 9.17) is 4.74 Å². The van der Waals surface area contributed by atoms with Crippen LogP contribution in [-0.2, 0) is 17.6 Å². The Bertz CT molecular complexity index is 1230. The van der Waals surface area contributed by atoms with Crippen LogP contribution >= 0.6 is 0 Å². The summed E-state index contributed by atoms with van der Waals surface area (Å²) < 4.78 is 5.19. The molecule has 0 aromatic heterocycles. The molecule has 0 fully saturated rings. The zero-order chi connectivity index (χ0) is 24.1. The van der Waals surface area contributed by atoms with Gasteiger partial charge in [-0.3, -0.25) is 14.9 Å². The number of non-ortho nitro benzene ring substituents is 1. The third kappa shape index (κ3) is 5.15. The molecule has 0 saturated heterocycles. The van der Waals surface area contributed by atoms with Gasteiger partial charge in [0.15, 0.2) is 0 Å². The average molecular weight is 460 g/mol. The van der Waals surface area contributed by atoms with Gasteiger partial charge in [0.05, 0.1) is 17.7 Å². The molecule has 1 aliphatic carbocycles. The Hall–Kier alpha value is -4.40. The van der Waals surface area contributed by atoms with Crippen molar-refractivity contribution in [1.29, 1.82) is 0 Å². The number of aryl methyl sites for hydroxylation is 2. The highest BCUT2D eigenvalue weighted by atomic mass is 16.6. The normalized spacial score (nSPS) is 12.9. The topological polar surface area (TPSA) is 123 Å². The number of benzene rings is 3. The fourth-order valence-corrected chi connectivity index (χ4v) is 4.01. The number of urea groups is 1. The molecule has 174 valence electrons. The number of rotatable bonds is 7. The van der Waals surface area contributed by atoms with E-state index < -0.39 is 22.9 Å². The van der Waals surface area contributed by atoms with Crippen LogP contribution in [0.15, 0.2) is 66.7 Å². The SMILES string of the molecule is COc1ccc([N+](=O)[O-])cc1NC(=O)N[C@@H](C(=O)Nc1ccc2c(c1)CCC2)c1ccccc1. The van der Waals surface area contributed by atoms with Crippen molar-refractivity contribution < 1.29 is 19.2 Å². The molecule has 0 saturated carbocycles. The molecule has 9 nitrogen and oxygen atoms in total. The molecule has 0 spiro atoms. The Morgan fingerprint density at radius 1 is 0.971 bits per heavy atom. The van der Waals surface area contributed by atoms with Gasteiger partial charge in [0.1, 0.15) is 11.8 Å². The predicted molar refractivity (Wildman–Crippen MR) is 128 cm³/mol. The molecule has 0 unspecified atom stereocenters. The van der Waals surface area contributed by atoms with Gasteiger partial charge in [-0.15, -0.1) is 0 Å². The fraction of sp³-hybridized carbons (Fsp3) is 0.200. The van der Waals surface area contributed by atoms with Gasteiger partial charge >= 0.3 is 6.03 Å². The molecule has 9 heteroatoms. The van der Waals surface area contributed by atoms with Crippen molar-refractivity contribution in [1.82, 2.24) is 5.32 Å². The molecule has 0 radical (unpaired) electrons. The van der Waals surface area contributed by atoms with Crippen LogP contribution < -0.4 is 20.7 Å². The van der Waals surface area contributed by atoms with Crippen LogP contribution in [0.5, 0.6) is 5.75 Å². The van der Waals surface area contributed by atoms with Crippen molar-refractivity contribution in [3.8, 4) is 5.75 Å². The van der Waals surface area contributed by atoms with Crippen molar-refractivity contribution in [2.45, 2.75) is 25.3 Å². The maximum Gasteiger partial charge on any atom is 0.320 e. The number of anilines is 2. The minimum absolute atomic E-state index is 0.111. The molecule has 3 N–H and O–H groups in total. The Morgan fingerprint density at radius 2 is 1.74 bits per heavy atom. The summed E-state index contributed by atoms with van der Waals surface area (Å²) in [5, 5.41) is 19.2. The van der Waals surface area contributed by atoms with Crippen LogP contribution in [0.2, 0.25) is 0 Å². The lowest BCUT2D eigenvalue weighted by molar-refractivity contribution is -0.384. The van der Waals surface area contributed by atoms with Crippen LogP contribution in [0.1, 0.15) is 29.2 Å². The van der Waals surface area contributed by atoms with Crippen LogP contribution in [0, 0.1) is 10.1 Å². The fourth-order valence-electron chi connectivity index (χ4n) is 4.01. The summed E-state index contributed by atoms with van der Waals surface area (Å²) in [6.45, 7) is 0. The van der Waals surface area contributed by atoms with E-state index in [1.54, 1.807) is 24.3 Å². The van der Waals surface area contributed by atoms with E-state index in [0.717, 1.165) is 19.3 Å². The largest absolute Gasteiger partial charge is 0.495 e. The molecule has 0 bridgehead atoms. The quantitative estimate of drug-likeness (QED) is 0.351. The van der Waals surface area contributed by atoms with Gasteiger partial charge in [0.25, 0.3) is 11.6 Å². The number of methoxy groups -OCH3 is 1. The van der Waals surface area contributed by atoms with Gasteiger partial charge in [0.2, 0.25) is 0 Å². The summed E-state index contributed by atoms with van der Waals surface area (Å²) in [6, 6.07) is 16.8. The van der Waals surface area contributed by atoms with Gasteiger partial charge in [-0.25, -0.2) is 4.79 Å². The maximum atomic E-state index is 13.2. The number of nitrogens with one attached hydrogen (secondary N) is 3. The van der Waals surface area contributed by atoms with Crippen LogP contribution in [-0.4, -0.2) is 24.0 Å². The van der Waals surface area contributed by atoms with Crippen molar-refractivity contribution in [2.24, 2.45) is 0 Å². The number of ether oxygens (including phenoxy) is 1. The summed E-state index contributed by atoms with van der Waals surface area (Å²) in [4.78, 5) is 36.6. The van der Waals surface area contributed by atoms with E-state index in [1.165, 1.54) is 36.4 Å². The van der Waals surface area contributed by atoms with Gasteiger partial charge in [-0.2, -0.15) is 0 Å². The highest BCUT2D eigenvalue weighted by Gasteiger charge is 2.24. The van der Waals surface area contributed by atoms with E-state index in [-0.39, 0.29) is 17.1 Å². The average Bonchev–Trinajstić information content (AvgIpc) is 3.31. The highest BCUT2D eigenvalue weighted by molar-refractivity contribution is 6.00. The molecule has 34 heavy (non-hydrogen) atoms. The molecule has 3 aromatic rings. The third-order valence-electron chi connectivity index (χ3n) is 5.68. The number of fused-ring (bicyclic) bond motifs is 1. The minimum Gasteiger partial charge on any atom is -0.495 e. The van der Waals surface area contributed by atoms with Gasteiger partial charge in [-0.05, 0) is 54.2 Å². The van der Waals surface area contributed by atoms with Crippen molar-refractivity contribution in [2.75, 3.05) is 17.7 Å². The van der Waals surface area contributed by atoms with E-state index in [2.05, 4.69) is 16.0 Å². The summed E-state index contributed by atoms with van der Waals surface area (Å²) in [7, 11) is 1.39. The van der Waals surface area contributed by atoms with Crippen molar-refractivity contribution in [3.63, 3.8) is 0 Å². The number of amides is 3. The minimum atomic E-state index is -1.00. The number of hydrogen-bond donors (Lipinski definition) is 3. The summed E-state index contributed by atoms with van der Waals surface area (Å²) in [5.74, 6) is -0.162. The molecule has 3 amide bonds. The zero-order valence-electron chi connectivity index (χ0n) is 18.5. The van der Waals surface area contributed by atoms with Gasteiger partial charge in [-0.1, -0.05) is 36.4 Å². The lowest BCUT2D eigenvalue weighted by Crippen LogP contribution is -2.39. The van der Waals surface area contributed by atoms with E-state index in [9.17, 15) is 19.7 Å². The first kappa shape index (κ1) is 22.8. The van der Waals surface area contributed by atoms with E-state index >= 15 is 0 Å². The summed E-state index contributed by atoms with van der Waals surface area (Å²) >= 11 is 0. The number of carbonyl (C=O) groups excluding carboxylic acids is 2. The molecule has 3 aromatic carbocycles. The monoisotopic (exact) mass is 460 g/mol. The first-order valence-corrected chi connectivity index (χ1v) is 10.8.